The summed E-state index contributed by atoms with van der Waals surface area (Å²) in [4.78, 5) is 5.19. The van der Waals surface area contributed by atoms with Crippen LogP contribution in [0.2, 0.25) is 0 Å². The number of hydrogen-bond donors (Lipinski definition) is 1. The first-order valence-electron chi connectivity index (χ1n) is 6.49. The van der Waals surface area contributed by atoms with Crippen molar-refractivity contribution in [2.45, 2.75) is 58.3 Å². The molecule has 0 aliphatic heterocycles. The van der Waals surface area contributed by atoms with Crippen LogP contribution in [-0.4, -0.2) is 24.3 Å². The van der Waals surface area contributed by atoms with Crippen molar-refractivity contribution in [3.8, 4) is 0 Å². The lowest BCUT2D eigenvalue weighted by Crippen LogP contribution is -2.16. The van der Waals surface area contributed by atoms with Gasteiger partial charge in [0.05, 0.1) is 21.9 Å². The number of thiazole rings is 1. The Balaban J connectivity index is 3.13. The van der Waals surface area contributed by atoms with Crippen molar-refractivity contribution in [3.05, 3.63) is 15.6 Å². The Morgan fingerprint density at radius 3 is 2.32 bits per heavy atom. The maximum absolute atomic E-state index is 11.8. The molecule has 1 aromatic rings. The molecular formula is C13H23NO3S2. The van der Waals surface area contributed by atoms with Gasteiger partial charge in [0, 0.05) is 0 Å². The van der Waals surface area contributed by atoms with Crippen LogP contribution in [0, 0.1) is 0 Å². The third kappa shape index (κ3) is 4.54. The normalized spacial score (nSPS) is 13.2. The fourth-order valence-corrected chi connectivity index (χ4v) is 4.84. The summed E-state index contributed by atoms with van der Waals surface area (Å²) in [5.41, 5.74) is -0.177. The van der Waals surface area contributed by atoms with E-state index in [9.17, 15) is 13.5 Å². The van der Waals surface area contributed by atoms with Crippen LogP contribution in [0.1, 0.15) is 62.5 Å². The van der Waals surface area contributed by atoms with Crippen molar-refractivity contribution in [2.24, 2.45) is 0 Å². The molecule has 0 aromatic carbocycles. The molecule has 0 aliphatic carbocycles. The van der Waals surface area contributed by atoms with Gasteiger partial charge < -0.3 is 5.11 Å². The predicted octanol–water partition coefficient (Wildman–Crippen LogP) is 2.82. The fourth-order valence-electron chi connectivity index (χ4n) is 1.84. The van der Waals surface area contributed by atoms with Crippen LogP contribution in [0.5, 0.6) is 0 Å². The summed E-state index contributed by atoms with van der Waals surface area (Å²) in [7, 11) is -3.09. The van der Waals surface area contributed by atoms with Crippen LogP contribution in [0.4, 0.5) is 0 Å². The van der Waals surface area contributed by atoms with Gasteiger partial charge in [0.15, 0.2) is 9.84 Å². The Hall–Kier alpha value is -0.460. The topological polar surface area (TPSA) is 67.3 Å². The summed E-state index contributed by atoms with van der Waals surface area (Å²) in [6.07, 6.45) is 0.614. The van der Waals surface area contributed by atoms with Gasteiger partial charge >= 0.3 is 0 Å². The second kappa shape index (κ2) is 5.89. The minimum atomic E-state index is -3.09. The molecule has 0 fully saturated rings. The lowest BCUT2D eigenvalue weighted by molar-refractivity contribution is 0.0811. The molecule has 1 N–H and O–H groups in total. The van der Waals surface area contributed by atoms with Crippen molar-refractivity contribution >= 4 is 21.2 Å². The summed E-state index contributed by atoms with van der Waals surface area (Å²) >= 11 is 1.31. The number of hydrogen-bond acceptors (Lipinski definition) is 5. The molecule has 1 heterocycles. The van der Waals surface area contributed by atoms with Gasteiger partial charge in [-0.2, -0.15) is 0 Å². The van der Waals surface area contributed by atoms with E-state index in [0.717, 1.165) is 10.6 Å². The Morgan fingerprint density at radius 2 is 1.95 bits per heavy atom. The smallest absolute Gasteiger partial charge is 0.156 e. The van der Waals surface area contributed by atoms with E-state index < -0.39 is 15.4 Å². The lowest BCUT2D eigenvalue weighted by atomic mass is 10.0. The summed E-state index contributed by atoms with van der Waals surface area (Å²) < 4.78 is 23.7. The Kier molecular flexibility index (Phi) is 5.15. The molecule has 0 saturated carbocycles. The SMILES string of the molecule is CCCS(=O)(=O)Cc1nc(C(C)C)c(C(C)(C)O)s1. The Bertz CT molecular complexity index is 525. The van der Waals surface area contributed by atoms with Gasteiger partial charge in [0.25, 0.3) is 0 Å². The van der Waals surface area contributed by atoms with Crippen molar-refractivity contribution in [1.82, 2.24) is 4.98 Å². The van der Waals surface area contributed by atoms with E-state index >= 15 is 0 Å². The van der Waals surface area contributed by atoms with Gasteiger partial charge in [-0.15, -0.1) is 11.3 Å². The maximum atomic E-state index is 11.8. The van der Waals surface area contributed by atoms with E-state index in [0.29, 0.717) is 11.4 Å². The molecule has 0 amide bonds. The fraction of sp³-hybridized carbons (Fsp3) is 0.769. The molecule has 19 heavy (non-hydrogen) atoms. The zero-order valence-electron chi connectivity index (χ0n) is 12.2. The number of aliphatic hydroxyl groups is 1. The minimum absolute atomic E-state index is 0.0265. The standard InChI is InChI=1S/C13H23NO3S2/c1-6-7-19(16,17)8-10-14-11(9(2)3)12(18-10)13(4,5)15/h9,15H,6-8H2,1-5H3. The highest BCUT2D eigenvalue weighted by Crippen LogP contribution is 2.34. The number of sulfone groups is 1. The van der Waals surface area contributed by atoms with Crippen molar-refractivity contribution in [3.63, 3.8) is 0 Å². The molecule has 110 valence electrons. The quantitative estimate of drug-likeness (QED) is 0.877. The van der Waals surface area contributed by atoms with Gasteiger partial charge in [-0.3, -0.25) is 0 Å². The van der Waals surface area contributed by atoms with Crippen LogP contribution < -0.4 is 0 Å². The van der Waals surface area contributed by atoms with Crippen molar-refractivity contribution in [1.29, 1.82) is 0 Å². The van der Waals surface area contributed by atoms with E-state index in [1.165, 1.54) is 11.3 Å². The Labute approximate surface area is 119 Å². The molecule has 0 radical (unpaired) electrons. The largest absolute Gasteiger partial charge is 0.385 e. The predicted molar refractivity (Wildman–Crippen MR) is 79.2 cm³/mol. The molecule has 4 nitrogen and oxygen atoms in total. The molecule has 1 rings (SSSR count). The maximum Gasteiger partial charge on any atom is 0.156 e. The highest BCUT2D eigenvalue weighted by atomic mass is 32.2. The zero-order chi connectivity index (χ0) is 14.8. The first kappa shape index (κ1) is 16.6. The molecule has 0 spiro atoms. The molecule has 1 aromatic heterocycles. The summed E-state index contributed by atoms with van der Waals surface area (Å²) in [6, 6.07) is 0. The number of rotatable bonds is 6. The lowest BCUT2D eigenvalue weighted by Gasteiger charge is -2.17. The van der Waals surface area contributed by atoms with Crippen LogP contribution in [0.3, 0.4) is 0 Å². The van der Waals surface area contributed by atoms with Crippen molar-refractivity contribution < 1.29 is 13.5 Å². The summed E-state index contributed by atoms with van der Waals surface area (Å²) in [5.74, 6) is 0.322. The van der Waals surface area contributed by atoms with Gasteiger partial charge in [-0.25, -0.2) is 13.4 Å². The van der Waals surface area contributed by atoms with Gasteiger partial charge in [0.1, 0.15) is 10.8 Å². The third-order valence-corrected chi connectivity index (χ3v) is 5.97. The summed E-state index contributed by atoms with van der Waals surface area (Å²) in [5, 5.41) is 10.7. The highest BCUT2D eigenvalue weighted by molar-refractivity contribution is 7.90. The van der Waals surface area contributed by atoms with Gasteiger partial charge in [-0.1, -0.05) is 20.8 Å². The van der Waals surface area contributed by atoms with Crippen LogP contribution >= 0.6 is 11.3 Å². The van der Waals surface area contributed by atoms with E-state index in [-0.39, 0.29) is 17.4 Å². The second-order valence-corrected chi connectivity index (χ2v) is 8.90. The van der Waals surface area contributed by atoms with Gasteiger partial charge in [0.2, 0.25) is 0 Å². The molecule has 0 saturated heterocycles. The molecular weight excluding hydrogens is 282 g/mol. The molecule has 0 bridgehead atoms. The van der Waals surface area contributed by atoms with E-state index in [1.54, 1.807) is 13.8 Å². The average Bonchev–Trinajstić information content (AvgIpc) is 2.59. The molecule has 0 unspecified atom stereocenters. The van der Waals surface area contributed by atoms with E-state index in [1.807, 2.05) is 20.8 Å². The molecule has 6 heteroatoms. The first-order chi connectivity index (χ1) is 8.57. The van der Waals surface area contributed by atoms with Crippen molar-refractivity contribution in [2.75, 3.05) is 5.75 Å². The molecule has 0 atom stereocenters. The average molecular weight is 305 g/mol. The van der Waals surface area contributed by atoms with Crippen LogP contribution in [0.25, 0.3) is 0 Å². The number of aromatic nitrogens is 1. The first-order valence-corrected chi connectivity index (χ1v) is 9.13. The third-order valence-electron chi connectivity index (χ3n) is 2.66. The number of nitrogens with zero attached hydrogens (tertiary/aromatic N) is 1. The monoisotopic (exact) mass is 305 g/mol. The van der Waals surface area contributed by atoms with Crippen LogP contribution in [0.15, 0.2) is 0 Å². The van der Waals surface area contributed by atoms with E-state index in [2.05, 4.69) is 4.98 Å². The molecule has 0 aliphatic rings. The van der Waals surface area contributed by atoms with Crippen LogP contribution in [-0.2, 0) is 21.2 Å². The second-order valence-electron chi connectivity index (χ2n) is 5.63. The summed E-state index contributed by atoms with van der Waals surface area (Å²) in [6.45, 7) is 9.25. The Morgan fingerprint density at radius 1 is 1.37 bits per heavy atom. The zero-order valence-corrected chi connectivity index (χ0v) is 13.9. The minimum Gasteiger partial charge on any atom is -0.385 e. The highest BCUT2D eigenvalue weighted by Gasteiger charge is 2.27. The van der Waals surface area contributed by atoms with E-state index in [4.69, 9.17) is 0 Å². The van der Waals surface area contributed by atoms with Gasteiger partial charge in [-0.05, 0) is 26.2 Å².